The molecular weight excluding hydrogens is 341 g/mol. The summed E-state index contributed by atoms with van der Waals surface area (Å²) in [6.07, 6.45) is 2.14. The normalized spacial score (nSPS) is 15.5. The number of aryl methyl sites for hydroxylation is 2. The zero-order valence-corrected chi connectivity index (χ0v) is 15.1. The van der Waals surface area contributed by atoms with Crippen LogP contribution in [0.2, 0.25) is 0 Å². The molecule has 0 saturated carbocycles. The average molecular weight is 362 g/mol. The Morgan fingerprint density at radius 2 is 1.71 bits per heavy atom. The van der Waals surface area contributed by atoms with Gasteiger partial charge in [0.2, 0.25) is 0 Å². The standard InChI is InChI=1S/C19H19N3.2ClH/c1-11-8-19(21)22-18-10-14(4-6-15(11)18)13-3-2-12-5-7-17(20)16(12)9-13;;/h2-4,6,8-10,17H,5,7,20H2,1H3,(H2,21,22);2*1H. The van der Waals surface area contributed by atoms with Gasteiger partial charge >= 0.3 is 0 Å². The summed E-state index contributed by atoms with van der Waals surface area (Å²) < 4.78 is 0. The lowest BCUT2D eigenvalue weighted by atomic mass is 9.98. The van der Waals surface area contributed by atoms with E-state index < -0.39 is 0 Å². The lowest BCUT2D eigenvalue weighted by Crippen LogP contribution is -2.05. The van der Waals surface area contributed by atoms with E-state index in [9.17, 15) is 0 Å². The summed E-state index contributed by atoms with van der Waals surface area (Å²) in [6, 6.07) is 15.1. The Labute approximate surface area is 154 Å². The highest BCUT2D eigenvalue weighted by Gasteiger charge is 2.19. The second kappa shape index (κ2) is 6.98. The number of benzene rings is 2. The summed E-state index contributed by atoms with van der Waals surface area (Å²) in [6.45, 7) is 2.06. The predicted octanol–water partition coefficient (Wildman–Crippen LogP) is 4.58. The number of rotatable bonds is 1. The van der Waals surface area contributed by atoms with E-state index in [1.54, 1.807) is 0 Å². The molecule has 0 saturated heterocycles. The van der Waals surface area contributed by atoms with Crippen molar-refractivity contribution >= 4 is 41.5 Å². The highest BCUT2D eigenvalue weighted by atomic mass is 35.5. The minimum atomic E-state index is 0. The maximum atomic E-state index is 6.19. The van der Waals surface area contributed by atoms with Gasteiger partial charge in [0.1, 0.15) is 5.82 Å². The number of nitrogens with zero attached hydrogens (tertiary/aromatic N) is 1. The predicted molar refractivity (Wildman–Crippen MR) is 106 cm³/mol. The Morgan fingerprint density at radius 3 is 2.50 bits per heavy atom. The third-order valence-electron chi connectivity index (χ3n) is 4.64. The maximum Gasteiger partial charge on any atom is 0.124 e. The number of hydrogen-bond donors (Lipinski definition) is 2. The fraction of sp³-hybridized carbons (Fsp3) is 0.211. The Morgan fingerprint density at radius 1 is 1.00 bits per heavy atom. The average Bonchev–Trinajstić information content (AvgIpc) is 2.87. The van der Waals surface area contributed by atoms with Gasteiger partial charge in [-0.1, -0.05) is 24.3 Å². The third-order valence-corrected chi connectivity index (χ3v) is 4.64. The molecule has 1 heterocycles. The van der Waals surface area contributed by atoms with Gasteiger partial charge in [0.25, 0.3) is 0 Å². The quantitative estimate of drug-likeness (QED) is 0.666. The van der Waals surface area contributed by atoms with Gasteiger partial charge in [-0.3, -0.25) is 0 Å². The molecule has 3 aromatic rings. The zero-order valence-electron chi connectivity index (χ0n) is 13.5. The largest absolute Gasteiger partial charge is 0.384 e. The SMILES string of the molecule is Cc1cc(N)nc2cc(-c3ccc4c(c3)C(N)CC4)ccc12.Cl.Cl. The van der Waals surface area contributed by atoms with E-state index in [2.05, 4.69) is 48.3 Å². The van der Waals surface area contributed by atoms with E-state index in [0.29, 0.717) is 5.82 Å². The summed E-state index contributed by atoms with van der Waals surface area (Å²) in [5.74, 6) is 0.568. The van der Waals surface area contributed by atoms with Gasteiger partial charge < -0.3 is 11.5 Å². The molecule has 0 bridgehead atoms. The maximum absolute atomic E-state index is 6.19. The number of nitrogens with two attached hydrogens (primary N) is 2. The number of halogens is 2. The summed E-state index contributed by atoms with van der Waals surface area (Å²) in [5.41, 5.74) is 19.2. The van der Waals surface area contributed by atoms with Crippen molar-refractivity contribution in [1.29, 1.82) is 0 Å². The first-order chi connectivity index (χ1) is 10.6. The number of aromatic nitrogens is 1. The third kappa shape index (κ3) is 3.07. The van der Waals surface area contributed by atoms with E-state index >= 15 is 0 Å². The van der Waals surface area contributed by atoms with Gasteiger partial charge in [0.05, 0.1) is 5.52 Å². The molecule has 0 amide bonds. The molecule has 0 radical (unpaired) electrons. The van der Waals surface area contributed by atoms with Crippen molar-refractivity contribution in [2.24, 2.45) is 5.73 Å². The molecule has 24 heavy (non-hydrogen) atoms. The number of anilines is 1. The molecule has 2 aromatic carbocycles. The zero-order chi connectivity index (χ0) is 15.3. The first-order valence-corrected chi connectivity index (χ1v) is 7.67. The van der Waals surface area contributed by atoms with Crippen LogP contribution in [-0.4, -0.2) is 4.98 Å². The smallest absolute Gasteiger partial charge is 0.124 e. The van der Waals surface area contributed by atoms with Crippen molar-refractivity contribution in [1.82, 2.24) is 4.98 Å². The van der Waals surface area contributed by atoms with Gasteiger partial charge in [0.15, 0.2) is 0 Å². The van der Waals surface area contributed by atoms with Gasteiger partial charge in [-0.25, -0.2) is 4.98 Å². The molecule has 5 heteroatoms. The number of fused-ring (bicyclic) bond motifs is 2. The van der Waals surface area contributed by atoms with Crippen molar-refractivity contribution in [3.63, 3.8) is 0 Å². The van der Waals surface area contributed by atoms with Crippen LogP contribution in [-0.2, 0) is 6.42 Å². The van der Waals surface area contributed by atoms with Crippen LogP contribution in [0.25, 0.3) is 22.0 Å². The molecule has 1 atom stereocenters. The fourth-order valence-electron chi connectivity index (χ4n) is 3.42. The Balaban J connectivity index is 0.00000104. The molecule has 1 aromatic heterocycles. The fourth-order valence-corrected chi connectivity index (χ4v) is 3.42. The van der Waals surface area contributed by atoms with Crippen molar-refractivity contribution in [3.8, 4) is 11.1 Å². The molecule has 1 aliphatic rings. The van der Waals surface area contributed by atoms with E-state index in [1.165, 1.54) is 16.7 Å². The van der Waals surface area contributed by atoms with Crippen LogP contribution in [0, 0.1) is 6.92 Å². The van der Waals surface area contributed by atoms with Gasteiger partial charge in [-0.2, -0.15) is 0 Å². The summed E-state index contributed by atoms with van der Waals surface area (Å²) in [5, 5.41) is 1.15. The monoisotopic (exact) mass is 361 g/mol. The first-order valence-electron chi connectivity index (χ1n) is 7.67. The van der Waals surface area contributed by atoms with Crippen molar-refractivity contribution < 1.29 is 0 Å². The van der Waals surface area contributed by atoms with Crippen molar-refractivity contribution in [3.05, 3.63) is 59.2 Å². The van der Waals surface area contributed by atoms with E-state index in [-0.39, 0.29) is 30.9 Å². The lowest BCUT2D eigenvalue weighted by molar-refractivity contribution is 0.713. The van der Waals surface area contributed by atoms with Gasteiger partial charge in [-0.05, 0) is 65.8 Å². The van der Waals surface area contributed by atoms with E-state index in [0.717, 1.165) is 34.9 Å². The van der Waals surface area contributed by atoms with E-state index in [4.69, 9.17) is 11.5 Å². The molecule has 1 aliphatic carbocycles. The molecular formula is C19H21Cl2N3. The molecule has 3 nitrogen and oxygen atoms in total. The summed E-state index contributed by atoms with van der Waals surface area (Å²) in [4.78, 5) is 4.46. The Bertz CT molecular complexity index is 893. The second-order valence-corrected chi connectivity index (χ2v) is 6.15. The summed E-state index contributed by atoms with van der Waals surface area (Å²) >= 11 is 0. The topological polar surface area (TPSA) is 64.9 Å². The first kappa shape index (κ1) is 18.5. The minimum absolute atomic E-state index is 0. The summed E-state index contributed by atoms with van der Waals surface area (Å²) in [7, 11) is 0. The molecule has 0 aliphatic heterocycles. The van der Waals surface area contributed by atoms with Crippen LogP contribution in [0.15, 0.2) is 42.5 Å². The van der Waals surface area contributed by atoms with Crippen molar-refractivity contribution in [2.45, 2.75) is 25.8 Å². The molecule has 4 N–H and O–H groups in total. The van der Waals surface area contributed by atoms with Crippen LogP contribution in [0.1, 0.15) is 29.2 Å². The number of pyridine rings is 1. The molecule has 0 fully saturated rings. The van der Waals surface area contributed by atoms with Gasteiger partial charge in [0, 0.05) is 11.4 Å². The molecule has 0 spiro atoms. The lowest BCUT2D eigenvalue weighted by Gasteiger charge is -2.10. The van der Waals surface area contributed by atoms with Crippen LogP contribution in [0.3, 0.4) is 0 Å². The van der Waals surface area contributed by atoms with Gasteiger partial charge in [-0.15, -0.1) is 24.8 Å². The molecule has 126 valence electrons. The van der Waals surface area contributed by atoms with E-state index in [1.807, 2.05) is 6.07 Å². The second-order valence-electron chi connectivity index (χ2n) is 6.15. The number of hydrogen-bond acceptors (Lipinski definition) is 3. The minimum Gasteiger partial charge on any atom is -0.384 e. The highest BCUT2D eigenvalue weighted by molar-refractivity contribution is 5.88. The molecule has 4 rings (SSSR count). The number of nitrogen functional groups attached to an aromatic ring is 1. The van der Waals surface area contributed by atoms with Crippen LogP contribution in [0.5, 0.6) is 0 Å². The molecule has 1 unspecified atom stereocenters. The highest BCUT2D eigenvalue weighted by Crippen LogP contribution is 2.34. The Kier molecular flexibility index (Phi) is 5.38. The Hall–Kier alpha value is -1.81. The van der Waals surface area contributed by atoms with Crippen molar-refractivity contribution in [2.75, 3.05) is 5.73 Å². The van der Waals surface area contributed by atoms with Crippen LogP contribution in [0.4, 0.5) is 5.82 Å². The van der Waals surface area contributed by atoms with Crippen LogP contribution >= 0.6 is 24.8 Å². The van der Waals surface area contributed by atoms with Crippen LogP contribution < -0.4 is 11.5 Å².